The van der Waals surface area contributed by atoms with Crippen LogP contribution in [0.1, 0.15) is 16.5 Å². The van der Waals surface area contributed by atoms with E-state index in [9.17, 15) is 18.0 Å². The van der Waals surface area contributed by atoms with Crippen LogP contribution < -0.4 is 10.2 Å². The first kappa shape index (κ1) is 21.2. The summed E-state index contributed by atoms with van der Waals surface area (Å²) in [7, 11) is 0. The van der Waals surface area contributed by atoms with Crippen molar-refractivity contribution in [2.24, 2.45) is 0 Å². The fourth-order valence-corrected chi connectivity index (χ4v) is 5.61. The van der Waals surface area contributed by atoms with Gasteiger partial charge in [-0.15, -0.1) is 33.3 Å². The van der Waals surface area contributed by atoms with Crippen molar-refractivity contribution >= 4 is 51.0 Å². The molecule has 170 valence electrons. The van der Waals surface area contributed by atoms with E-state index in [0.717, 1.165) is 19.7 Å². The predicted molar refractivity (Wildman–Crippen MR) is 116 cm³/mol. The molecule has 9 nitrogen and oxygen atoms in total. The van der Waals surface area contributed by atoms with Gasteiger partial charge in [0.05, 0.1) is 23.6 Å². The van der Waals surface area contributed by atoms with Gasteiger partial charge in [-0.25, -0.2) is 4.98 Å². The van der Waals surface area contributed by atoms with Gasteiger partial charge in [0.1, 0.15) is 10.6 Å². The standard InChI is InChI=1S/C18H19F3N8OS2/c1-10-6-11-14(27-4-5-29-12(7-27)25-26-16(29)18(19,20)21)23-17(24-15(11)32-10)22-2-3-28-9-31-8-13(28)30/h6H,2-5,7-9H2,1H3,(H,22,23,24). The van der Waals surface area contributed by atoms with Crippen LogP contribution in [-0.2, 0) is 24.1 Å². The van der Waals surface area contributed by atoms with Crippen LogP contribution >= 0.6 is 23.1 Å². The number of anilines is 2. The van der Waals surface area contributed by atoms with Crippen LogP contribution in [0.5, 0.6) is 0 Å². The van der Waals surface area contributed by atoms with Gasteiger partial charge in [0.2, 0.25) is 17.7 Å². The molecule has 32 heavy (non-hydrogen) atoms. The Morgan fingerprint density at radius 3 is 2.81 bits per heavy atom. The summed E-state index contributed by atoms with van der Waals surface area (Å²) in [6.07, 6.45) is -4.54. The van der Waals surface area contributed by atoms with Crippen molar-refractivity contribution < 1.29 is 18.0 Å². The molecule has 0 atom stereocenters. The number of halogens is 3. The molecule has 1 amide bonds. The minimum atomic E-state index is -4.54. The zero-order valence-corrected chi connectivity index (χ0v) is 18.6. The van der Waals surface area contributed by atoms with Gasteiger partial charge >= 0.3 is 6.18 Å². The van der Waals surface area contributed by atoms with Crippen LogP contribution in [-0.4, -0.2) is 66.8 Å². The smallest absolute Gasteiger partial charge is 0.352 e. The average molecular weight is 485 g/mol. The van der Waals surface area contributed by atoms with Gasteiger partial charge in [-0.05, 0) is 13.0 Å². The number of aromatic nitrogens is 5. The Bertz CT molecular complexity index is 1180. The molecule has 1 N–H and O–H groups in total. The summed E-state index contributed by atoms with van der Waals surface area (Å²) < 4.78 is 40.6. The molecular weight excluding hydrogens is 465 g/mol. The van der Waals surface area contributed by atoms with Crippen LogP contribution in [0.25, 0.3) is 10.2 Å². The number of rotatable bonds is 5. The van der Waals surface area contributed by atoms with E-state index in [0.29, 0.717) is 43.0 Å². The molecule has 2 aliphatic rings. The van der Waals surface area contributed by atoms with Gasteiger partial charge in [0.15, 0.2) is 5.82 Å². The third-order valence-electron chi connectivity index (χ3n) is 5.29. The van der Waals surface area contributed by atoms with Gasteiger partial charge in [0.25, 0.3) is 0 Å². The fraction of sp³-hybridized carbons (Fsp3) is 0.500. The largest absolute Gasteiger partial charge is 0.451 e. The molecule has 0 unspecified atom stereocenters. The summed E-state index contributed by atoms with van der Waals surface area (Å²) in [5, 5.41) is 11.2. The second-order valence-electron chi connectivity index (χ2n) is 7.52. The Morgan fingerprint density at radius 2 is 2.06 bits per heavy atom. The number of fused-ring (bicyclic) bond motifs is 2. The molecule has 0 saturated carbocycles. The minimum absolute atomic E-state index is 0.114. The monoisotopic (exact) mass is 484 g/mol. The number of thiophene rings is 1. The Labute approximate surface area is 189 Å². The highest BCUT2D eigenvalue weighted by atomic mass is 32.2. The maximum atomic E-state index is 13.2. The summed E-state index contributed by atoms with van der Waals surface area (Å²) >= 11 is 3.12. The summed E-state index contributed by atoms with van der Waals surface area (Å²) in [6.45, 7) is 3.66. The number of nitrogens with one attached hydrogen (secondary N) is 1. The lowest BCUT2D eigenvalue weighted by Crippen LogP contribution is -2.36. The molecule has 5 heterocycles. The van der Waals surface area contributed by atoms with E-state index >= 15 is 0 Å². The van der Waals surface area contributed by atoms with Gasteiger partial charge in [-0.3, -0.25) is 4.79 Å². The second kappa shape index (κ2) is 8.06. The van der Waals surface area contributed by atoms with E-state index in [1.165, 1.54) is 11.3 Å². The zero-order chi connectivity index (χ0) is 22.5. The molecule has 1 saturated heterocycles. The number of nitrogens with zero attached hydrogens (tertiary/aromatic N) is 7. The van der Waals surface area contributed by atoms with E-state index in [1.807, 2.05) is 17.9 Å². The first-order valence-corrected chi connectivity index (χ1v) is 11.9. The van der Waals surface area contributed by atoms with E-state index in [2.05, 4.69) is 25.5 Å². The Morgan fingerprint density at radius 1 is 1.22 bits per heavy atom. The predicted octanol–water partition coefficient (Wildman–Crippen LogP) is 2.58. The normalized spacial score (nSPS) is 16.8. The number of carbonyl (C=O) groups excluding carboxylic acids is 1. The molecule has 0 bridgehead atoms. The van der Waals surface area contributed by atoms with Crippen molar-refractivity contribution in [2.45, 2.75) is 26.2 Å². The summed E-state index contributed by atoms with van der Waals surface area (Å²) in [6, 6.07) is 1.99. The number of carbonyl (C=O) groups is 1. The van der Waals surface area contributed by atoms with Gasteiger partial charge in [0, 0.05) is 31.1 Å². The molecule has 3 aromatic heterocycles. The quantitative estimate of drug-likeness (QED) is 0.591. The lowest BCUT2D eigenvalue weighted by Gasteiger charge is -2.29. The van der Waals surface area contributed by atoms with Crippen LogP contribution in [0.2, 0.25) is 0 Å². The van der Waals surface area contributed by atoms with E-state index in [-0.39, 0.29) is 24.8 Å². The highest BCUT2D eigenvalue weighted by Gasteiger charge is 2.39. The molecule has 2 aliphatic heterocycles. The van der Waals surface area contributed by atoms with Crippen molar-refractivity contribution in [1.29, 1.82) is 0 Å². The zero-order valence-electron chi connectivity index (χ0n) is 17.0. The summed E-state index contributed by atoms with van der Waals surface area (Å²) in [5.41, 5.74) is 0. The molecule has 1 fully saturated rings. The molecule has 0 aromatic carbocycles. The van der Waals surface area contributed by atoms with Crippen molar-refractivity contribution in [3.8, 4) is 0 Å². The molecule has 3 aromatic rings. The van der Waals surface area contributed by atoms with E-state index in [4.69, 9.17) is 0 Å². The van der Waals surface area contributed by atoms with Gasteiger partial charge < -0.3 is 19.7 Å². The molecular formula is C18H19F3N8OS2. The maximum Gasteiger partial charge on any atom is 0.451 e. The summed E-state index contributed by atoms with van der Waals surface area (Å²) in [5.74, 6) is 1.68. The third kappa shape index (κ3) is 3.96. The Kier molecular flexibility index (Phi) is 5.35. The van der Waals surface area contributed by atoms with Crippen molar-refractivity contribution in [3.63, 3.8) is 0 Å². The summed E-state index contributed by atoms with van der Waals surface area (Å²) in [4.78, 5) is 26.6. The molecule has 0 spiro atoms. The van der Waals surface area contributed by atoms with Gasteiger partial charge in [-0.2, -0.15) is 18.2 Å². The second-order valence-corrected chi connectivity index (χ2v) is 9.71. The maximum absolute atomic E-state index is 13.2. The number of aryl methyl sites for hydroxylation is 1. The highest BCUT2D eigenvalue weighted by molar-refractivity contribution is 8.00. The number of hydrogen-bond acceptors (Lipinski definition) is 9. The lowest BCUT2D eigenvalue weighted by molar-refractivity contribution is -0.147. The minimum Gasteiger partial charge on any atom is -0.352 e. The Hall–Kier alpha value is -2.61. The lowest BCUT2D eigenvalue weighted by atomic mass is 10.2. The number of alkyl halides is 3. The number of hydrogen-bond donors (Lipinski definition) is 1. The number of thioether (sulfide) groups is 1. The molecule has 14 heteroatoms. The van der Waals surface area contributed by atoms with E-state index in [1.54, 1.807) is 16.7 Å². The molecule has 5 rings (SSSR count). The Balaban J connectivity index is 1.39. The van der Waals surface area contributed by atoms with E-state index < -0.39 is 12.0 Å². The van der Waals surface area contributed by atoms with Crippen LogP contribution in [0, 0.1) is 6.92 Å². The SMILES string of the molecule is Cc1cc2c(N3CCn4c(nnc4C(F)(F)F)C3)nc(NCCN3CSCC3=O)nc2s1. The molecule has 0 aliphatic carbocycles. The van der Waals surface area contributed by atoms with Crippen LogP contribution in [0.3, 0.4) is 0 Å². The van der Waals surface area contributed by atoms with Crippen molar-refractivity contribution in [2.75, 3.05) is 41.5 Å². The number of amides is 1. The first-order chi connectivity index (χ1) is 15.3. The van der Waals surface area contributed by atoms with Crippen molar-refractivity contribution in [1.82, 2.24) is 29.6 Å². The fourth-order valence-electron chi connectivity index (χ4n) is 3.79. The third-order valence-corrected chi connectivity index (χ3v) is 7.18. The van der Waals surface area contributed by atoms with Crippen LogP contribution in [0.4, 0.5) is 24.9 Å². The van der Waals surface area contributed by atoms with Crippen LogP contribution in [0.15, 0.2) is 6.07 Å². The highest BCUT2D eigenvalue weighted by Crippen LogP contribution is 2.34. The molecule has 0 radical (unpaired) electrons. The van der Waals surface area contributed by atoms with Crippen molar-refractivity contribution in [3.05, 3.63) is 22.6 Å². The first-order valence-electron chi connectivity index (χ1n) is 9.91. The topological polar surface area (TPSA) is 92.1 Å². The van der Waals surface area contributed by atoms with Gasteiger partial charge in [-0.1, -0.05) is 0 Å². The average Bonchev–Trinajstić information content (AvgIpc) is 3.44.